The van der Waals surface area contributed by atoms with Gasteiger partial charge in [-0.05, 0) is 50.1 Å². The molecule has 0 aliphatic heterocycles. The van der Waals surface area contributed by atoms with E-state index in [4.69, 9.17) is 9.47 Å². The average molecular weight is 402 g/mol. The smallest absolute Gasteiger partial charge is 0.251 e. The molecular weight excluding hydrogens is 375 g/mol. The van der Waals surface area contributed by atoms with Crippen LogP contribution in [0.2, 0.25) is 0 Å². The number of hydrogen-bond donors (Lipinski definition) is 2. The molecule has 0 atom stereocenters. The highest BCUT2D eigenvalue weighted by Crippen LogP contribution is 2.26. The zero-order chi connectivity index (χ0) is 21.1. The van der Waals surface area contributed by atoms with E-state index in [1.54, 1.807) is 19.1 Å². The van der Waals surface area contributed by atoms with Crippen LogP contribution < -0.4 is 20.1 Å². The van der Waals surface area contributed by atoms with Crippen LogP contribution in [-0.2, 0) is 4.79 Å². The van der Waals surface area contributed by atoms with Gasteiger partial charge < -0.3 is 20.1 Å². The maximum atomic E-state index is 13.5. The van der Waals surface area contributed by atoms with Crippen LogP contribution in [0.15, 0.2) is 42.5 Å². The molecule has 6 nitrogen and oxygen atoms in total. The normalized spacial score (nSPS) is 10.3. The molecule has 0 saturated carbocycles. The second-order valence-corrected chi connectivity index (χ2v) is 6.40. The van der Waals surface area contributed by atoms with Crippen molar-refractivity contribution in [3.8, 4) is 11.5 Å². The molecule has 0 radical (unpaired) electrons. The zero-order valence-corrected chi connectivity index (χ0v) is 16.8. The van der Waals surface area contributed by atoms with E-state index in [1.807, 2.05) is 31.2 Å². The summed E-state index contributed by atoms with van der Waals surface area (Å²) >= 11 is 0. The predicted molar refractivity (Wildman–Crippen MR) is 109 cm³/mol. The molecule has 0 heterocycles. The van der Waals surface area contributed by atoms with E-state index in [-0.39, 0.29) is 23.9 Å². The summed E-state index contributed by atoms with van der Waals surface area (Å²) < 4.78 is 24.7. The van der Waals surface area contributed by atoms with Gasteiger partial charge in [0.15, 0.2) is 11.5 Å². The van der Waals surface area contributed by atoms with Crippen LogP contribution in [-0.4, -0.2) is 38.1 Å². The standard InChI is InChI=1S/C22H27FN2O4/c1-3-28-19-7-4-5-8-20(19)29-14-6-9-21(26)24-12-13-25-22(27)17-11-10-16(2)18(23)15-17/h4-5,7-8,10-11,15H,3,6,9,12-14H2,1-2H3,(H,24,26)(H,25,27). The van der Waals surface area contributed by atoms with Crippen LogP contribution in [0.4, 0.5) is 4.39 Å². The summed E-state index contributed by atoms with van der Waals surface area (Å²) in [6.45, 7) is 5.05. The minimum absolute atomic E-state index is 0.123. The first-order valence-electron chi connectivity index (χ1n) is 9.67. The fraction of sp³-hybridized carbons (Fsp3) is 0.364. The maximum absolute atomic E-state index is 13.5. The van der Waals surface area contributed by atoms with Crippen molar-refractivity contribution in [2.24, 2.45) is 0 Å². The number of ether oxygens (including phenoxy) is 2. The molecule has 2 N–H and O–H groups in total. The molecule has 2 aromatic rings. The third-order valence-corrected chi connectivity index (χ3v) is 4.12. The Labute approximate surface area is 170 Å². The lowest BCUT2D eigenvalue weighted by Crippen LogP contribution is -2.34. The van der Waals surface area contributed by atoms with Crippen molar-refractivity contribution >= 4 is 11.8 Å². The SMILES string of the molecule is CCOc1ccccc1OCCCC(=O)NCCNC(=O)c1ccc(C)c(F)c1. The first-order chi connectivity index (χ1) is 14.0. The van der Waals surface area contributed by atoms with E-state index in [0.29, 0.717) is 49.7 Å². The van der Waals surface area contributed by atoms with Gasteiger partial charge in [0, 0.05) is 25.1 Å². The van der Waals surface area contributed by atoms with Crippen molar-refractivity contribution in [2.45, 2.75) is 26.7 Å². The van der Waals surface area contributed by atoms with Crippen molar-refractivity contribution in [2.75, 3.05) is 26.3 Å². The van der Waals surface area contributed by atoms with Crippen molar-refractivity contribution < 1.29 is 23.5 Å². The van der Waals surface area contributed by atoms with Crippen LogP contribution in [0.25, 0.3) is 0 Å². The van der Waals surface area contributed by atoms with Crippen molar-refractivity contribution in [1.29, 1.82) is 0 Å². The second kappa shape index (κ2) is 11.7. The minimum Gasteiger partial charge on any atom is -0.490 e. The van der Waals surface area contributed by atoms with Crippen molar-refractivity contribution in [3.63, 3.8) is 0 Å². The number of nitrogens with one attached hydrogen (secondary N) is 2. The van der Waals surface area contributed by atoms with Gasteiger partial charge in [0.05, 0.1) is 13.2 Å². The largest absolute Gasteiger partial charge is 0.490 e. The molecule has 2 rings (SSSR count). The van der Waals surface area contributed by atoms with Crippen LogP contribution in [0.5, 0.6) is 11.5 Å². The first-order valence-corrected chi connectivity index (χ1v) is 9.67. The molecule has 0 saturated heterocycles. The number of halogens is 1. The van der Waals surface area contributed by atoms with Gasteiger partial charge >= 0.3 is 0 Å². The Balaban J connectivity index is 1.60. The fourth-order valence-corrected chi connectivity index (χ4v) is 2.56. The van der Waals surface area contributed by atoms with Gasteiger partial charge in [-0.3, -0.25) is 9.59 Å². The summed E-state index contributed by atoms with van der Waals surface area (Å²) in [4.78, 5) is 23.8. The lowest BCUT2D eigenvalue weighted by molar-refractivity contribution is -0.121. The minimum atomic E-state index is -0.419. The van der Waals surface area contributed by atoms with Gasteiger partial charge in [-0.25, -0.2) is 4.39 Å². The van der Waals surface area contributed by atoms with E-state index in [9.17, 15) is 14.0 Å². The topological polar surface area (TPSA) is 76.7 Å². The highest BCUT2D eigenvalue weighted by molar-refractivity contribution is 5.94. The zero-order valence-electron chi connectivity index (χ0n) is 16.8. The summed E-state index contributed by atoms with van der Waals surface area (Å²) in [7, 11) is 0. The van der Waals surface area contributed by atoms with E-state index >= 15 is 0 Å². The molecule has 0 unspecified atom stereocenters. The third kappa shape index (κ3) is 7.44. The molecule has 0 fully saturated rings. The maximum Gasteiger partial charge on any atom is 0.251 e. The predicted octanol–water partition coefficient (Wildman–Crippen LogP) is 3.24. The van der Waals surface area contributed by atoms with Crippen LogP contribution in [0, 0.1) is 12.7 Å². The van der Waals surface area contributed by atoms with E-state index in [0.717, 1.165) is 0 Å². The van der Waals surface area contributed by atoms with Crippen molar-refractivity contribution in [1.82, 2.24) is 10.6 Å². The summed E-state index contributed by atoms with van der Waals surface area (Å²) in [6, 6.07) is 11.7. The highest BCUT2D eigenvalue weighted by atomic mass is 19.1. The average Bonchev–Trinajstić information content (AvgIpc) is 2.71. The molecule has 156 valence electrons. The number of hydrogen-bond acceptors (Lipinski definition) is 4. The van der Waals surface area contributed by atoms with E-state index in [2.05, 4.69) is 10.6 Å². The third-order valence-electron chi connectivity index (χ3n) is 4.12. The quantitative estimate of drug-likeness (QED) is 0.566. The number of carbonyl (C=O) groups excluding carboxylic acids is 2. The number of carbonyl (C=O) groups is 2. The molecule has 0 bridgehead atoms. The van der Waals surface area contributed by atoms with Gasteiger partial charge in [-0.1, -0.05) is 18.2 Å². The van der Waals surface area contributed by atoms with Gasteiger partial charge in [-0.2, -0.15) is 0 Å². The molecule has 0 spiro atoms. The fourth-order valence-electron chi connectivity index (χ4n) is 2.56. The van der Waals surface area contributed by atoms with Gasteiger partial charge in [-0.15, -0.1) is 0 Å². The van der Waals surface area contributed by atoms with E-state index in [1.165, 1.54) is 6.07 Å². The van der Waals surface area contributed by atoms with E-state index < -0.39 is 5.82 Å². The summed E-state index contributed by atoms with van der Waals surface area (Å²) in [5, 5.41) is 5.38. The molecule has 2 aromatic carbocycles. The molecule has 0 aliphatic carbocycles. The van der Waals surface area contributed by atoms with Gasteiger partial charge in [0.1, 0.15) is 5.82 Å². The Morgan fingerprint density at radius 3 is 2.38 bits per heavy atom. The summed E-state index contributed by atoms with van der Waals surface area (Å²) in [6.07, 6.45) is 0.870. The van der Waals surface area contributed by atoms with Crippen molar-refractivity contribution in [3.05, 3.63) is 59.4 Å². The van der Waals surface area contributed by atoms with Crippen LogP contribution in [0.3, 0.4) is 0 Å². The Morgan fingerprint density at radius 1 is 1.00 bits per heavy atom. The Hall–Kier alpha value is -3.09. The first kappa shape index (κ1) is 22.2. The number of aryl methyl sites for hydroxylation is 1. The second-order valence-electron chi connectivity index (χ2n) is 6.40. The summed E-state index contributed by atoms with van der Waals surface area (Å²) in [5.41, 5.74) is 0.739. The van der Waals surface area contributed by atoms with Gasteiger partial charge in [0.2, 0.25) is 5.91 Å². The van der Waals surface area contributed by atoms with Crippen LogP contribution in [0.1, 0.15) is 35.7 Å². The number of rotatable bonds is 11. The van der Waals surface area contributed by atoms with Gasteiger partial charge in [0.25, 0.3) is 5.91 Å². The number of benzene rings is 2. The molecule has 2 amide bonds. The Bertz CT molecular complexity index is 826. The molecule has 0 aromatic heterocycles. The molecule has 7 heteroatoms. The Kier molecular flexibility index (Phi) is 8.95. The molecule has 29 heavy (non-hydrogen) atoms. The summed E-state index contributed by atoms with van der Waals surface area (Å²) in [5.74, 6) is 0.424. The molecule has 0 aliphatic rings. The number of para-hydroxylation sites is 2. The Morgan fingerprint density at radius 2 is 1.69 bits per heavy atom. The van der Waals surface area contributed by atoms with Crippen LogP contribution >= 0.6 is 0 Å². The monoisotopic (exact) mass is 402 g/mol. The highest BCUT2D eigenvalue weighted by Gasteiger charge is 2.08. The number of amides is 2. The molecular formula is C22H27FN2O4. The lowest BCUT2D eigenvalue weighted by atomic mass is 10.1. The lowest BCUT2D eigenvalue weighted by Gasteiger charge is -2.11.